The first-order valence-corrected chi connectivity index (χ1v) is 11.1. The molecule has 0 saturated carbocycles. The van der Waals surface area contributed by atoms with Crippen LogP contribution in [0.1, 0.15) is 30.4 Å². The highest BCUT2D eigenvalue weighted by Gasteiger charge is 2.32. The van der Waals surface area contributed by atoms with Crippen LogP contribution in [0.2, 0.25) is 5.02 Å². The standard InChI is InChI=1S/C24H30ClN3O/c25-23-12-6-5-11-21(23)18-22(17-20-9-3-1-4-10-20)26-15-16-28(24(29)19-26)27-13-7-2-8-14-27/h1,3-6,9-12,22H,2,7-8,13-19H2. The highest BCUT2D eigenvalue weighted by Crippen LogP contribution is 2.23. The molecule has 5 heteroatoms. The largest absolute Gasteiger partial charge is 0.289 e. The van der Waals surface area contributed by atoms with E-state index in [9.17, 15) is 4.79 Å². The average Bonchev–Trinajstić information content (AvgIpc) is 2.76. The van der Waals surface area contributed by atoms with Crippen molar-refractivity contribution < 1.29 is 4.79 Å². The van der Waals surface area contributed by atoms with Crippen molar-refractivity contribution in [1.29, 1.82) is 0 Å². The summed E-state index contributed by atoms with van der Waals surface area (Å²) >= 11 is 6.46. The van der Waals surface area contributed by atoms with Crippen molar-refractivity contribution >= 4 is 17.5 Å². The molecule has 2 aromatic carbocycles. The number of piperidine rings is 1. The van der Waals surface area contributed by atoms with Gasteiger partial charge in [-0.25, -0.2) is 5.01 Å². The van der Waals surface area contributed by atoms with E-state index in [4.69, 9.17) is 11.6 Å². The summed E-state index contributed by atoms with van der Waals surface area (Å²) in [4.78, 5) is 15.4. The van der Waals surface area contributed by atoms with Crippen molar-refractivity contribution in [2.75, 3.05) is 32.7 Å². The summed E-state index contributed by atoms with van der Waals surface area (Å²) in [6, 6.07) is 18.9. The number of piperazine rings is 1. The number of hydrogen-bond donors (Lipinski definition) is 0. The number of halogens is 1. The number of hydrazine groups is 1. The first-order chi connectivity index (χ1) is 14.2. The lowest BCUT2D eigenvalue weighted by molar-refractivity contribution is -0.159. The van der Waals surface area contributed by atoms with Crippen LogP contribution in [0.3, 0.4) is 0 Å². The van der Waals surface area contributed by atoms with Gasteiger partial charge in [0.2, 0.25) is 0 Å². The zero-order valence-electron chi connectivity index (χ0n) is 17.0. The fourth-order valence-electron chi connectivity index (χ4n) is 4.55. The van der Waals surface area contributed by atoms with Gasteiger partial charge in [-0.05, 0) is 42.9 Å². The summed E-state index contributed by atoms with van der Waals surface area (Å²) in [5.74, 6) is 0.232. The lowest BCUT2D eigenvalue weighted by Gasteiger charge is -2.44. The van der Waals surface area contributed by atoms with Crippen molar-refractivity contribution in [2.45, 2.75) is 38.1 Å². The van der Waals surface area contributed by atoms with E-state index >= 15 is 0 Å². The molecule has 2 fully saturated rings. The van der Waals surface area contributed by atoms with Gasteiger partial charge in [-0.1, -0.05) is 66.6 Å². The summed E-state index contributed by atoms with van der Waals surface area (Å²) in [6.07, 6.45) is 5.43. The van der Waals surface area contributed by atoms with Crippen molar-refractivity contribution in [2.24, 2.45) is 0 Å². The van der Waals surface area contributed by atoms with Gasteiger partial charge in [0.15, 0.2) is 0 Å². The third-order valence-electron chi connectivity index (χ3n) is 6.14. The molecule has 1 unspecified atom stereocenters. The van der Waals surface area contributed by atoms with Gasteiger partial charge in [-0.2, -0.15) is 0 Å². The van der Waals surface area contributed by atoms with Gasteiger partial charge in [0.25, 0.3) is 5.91 Å². The second-order valence-electron chi connectivity index (χ2n) is 8.14. The van der Waals surface area contributed by atoms with Crippen LogP contribution in [-0.4, -0.2) is 59.6 Å². The number of hydrogen-bond acceptors (Lipinski definition) is 3. The molecule has 2 aliphatic heterocycles. The maximum atomic E-state index is 13.0. The first kappa shape index (κ1) is 20.4. The number of amides is 1. The summed E-state index contributed by atoms with van der Waals surface area (Å²) in [7, 11) is 0. The van der Waals surface area contributed by atoms with E-state index in [0.717, 1.165) is 49.6 Å². The molecule has 0 aliphatic carbocycles. The molecule has 4 nitrogen and oxygen atoms in total. The minimum Gasteiger partial charge on any atom is -0.289 e. The fraction of sp³-hybridized carbons (Fsp3) is 0.458. The van der Waals surface area contributed by atoms with Crippen LogP contribution in [0.4, 0.5) is 0 Å². The molecule has 2 aliphatic rings. The second-order valence-corrected chi connectivity index (χ2v) is 8.55. The number of carbonyl (C=O) groups is 1. The Bertz CT molecular complexity index is 807. The van der Waals surface area contributed by atoms with Crippen LogP contribution in [0.15, 0.2) is 54.6 Å². The monoisotopic (exact) mass is 411 g/mol. The number of rotatable bonds is 6. The summed E-state index contributed by atoms with van der Waals surface area (Å²) in [5.41, 5.74) is 2.46. The minimum absolute atomic E-state index is 0.232. The Morgan fingerprint density at radius 3 is 2.28 bits per heavy atom. The van der Waals surface area contributed by atoms with Crippen molar-refractivity contribution in [1.82, 2.24) is 14.9 Å². The van der Waals surface area contributed by atoms with E-state index in [0.29, 0.717) is 6.54 Å². The minimum atomic E-state index is 0.232. The van der Waals surface area contributed by atoms with Gasteiger partial charge in [0, 0.05) is 30.7 Å². The van der Waals surface area contributed by atoms with Gasteiger partial charge < -0.3 is 0 Å². The highest BCUT2D eigenvalue weighted by molar-refractivity contribution is 6.31. The Morgan fingerprint density at radius 2 is 1.55 bits per heavy atom. The lowest BCUT2D eigenvalue weighted by Crippen LogP contribution is -2.60. The maximum Gasteiger partial charge on any atom is 0.251 e. The fourth-order valence-corrected chi connectivity index (χ4v) is 4.76. The van der Waals surface area contributed by atoms with E-state index in [1.807, 2.05) is 29.3 Å². The van der Waals surface area contributed by atoms with Crippen LogP contribution < -0.4 is 0 Å². The van der Waals surface area contributed by atoms with Gasteiger partial charge in [0.05, 0.1) is 13.1 Å². The molecule has 0 spiro atoms. The summed E-state index contributed by atoms with van der Waals surface area (Å²) < 4.78 is 0. The molecule has 29 heavy (non-hydrogen) atoms. The summed E-state index contributed by atoms with van der Waals surface area (Å²) in [6.45, 7) is 4.20. The van der Waals surface area contributed by atoms with E-state index < -0.39 is 0 Å². The Kier molecular flexibility index (Phi) is 6.86. The van der Waals surface area contributed by atoms with E-state index in [-0.39, 0.29) is 11.9 Å². The predicted molar refractivity (Wildman–Crippen MR) is 118 cm³/mol. The van der Waals surface area contributed by atoms with E-state index in [2.05, 4.69) is 40.2 Å². The van der Waals surface area contributed by atoms with Crippen molar-refractivity contribution in [3.05, 3.63) is 70.7 Å². The molecule has 4 rings (SSSR count). The Hall–Kier alpha value is -1.88. The molecule has 2 heterocycles. The number of nitrogens with zero attached hydrogens (tertiary/aromatic N) is 3. The molecule has 0 aromatic heterocycles. The van der Waals surface area contributed by atoms with Crippen molar-refractivity contribution in [3.63, 3.8) is 0 Å². The predicted octanol–water partition coefficient (Wildman–Crippen LogP) is 4.04. The zero-order valence-corrected chi connectivity index (χ0v) is 17.7. The van der Waals surface area contributed by atoms with Crippen LogP contribution in [0.5, 0.6) is 0 Å². The Morgan fingerprint density at radius 1 is 0.828 bits per heavy atom. The quantitative estimate of drug-likeness (QED) is 0.717. The van der Waals surface area contributed by atoms with E-state index in [1.165, 1.54) is 24.8 Å². The van der Waals surface area contributed by atoms with Crippen LogP contribution in [0, 0.1) is 0 Å². The average molecular weight is 412 g/mol. The highest BCUT2D eigenvalue weighted by atomic mass is 35.5. The van der Waals surface area contributed by atoms with Gasteiger partial charge in [-0.3, -0.25) is 14.7 Å². The molecule has 1 atom stereocenters. The number of benzene rings is 2. The smallest absolute Gasteiger partial charge is 0.251 e. The van der Waals surface area contributed by atoms with Gasteiger partial charge in [-0.15, -0.1) is 0 Å². The normalized spacial score (nSPS) is 20.0. The van der Waals surface area contributed by atoms with Gasteiger partial charge in [0.1, 0.15) is 0 Å². The molecule has 1 amide bonds. The first-order valence-electron chi connectivity index (χ1n) is 10.8. The third-order valence-corrected chi connectivity index (χ3v) is 6.51. The Labute approximate surface area is 179 Å². The van der Waals surface area contributed by atoms with Gasteiger partial charge >= 0.3 is 0 Å². The molecule has 2 saturated heterocycles. The van der Waals surface area contributed by atoms with Crippen molar-refractivity contribution in [3.8, 4) is 0 Å². The number of carbonyl (C=O) groups excluding carboxylic acids is 1. The molecule has 0 N–H and O–H groups in total. The molecule has 0 bridgehead atoms. The zero-order chi connectivity index (χ0) is 20.1. The molecular weight excluding hydrogens is 382 g/mol. The molecule has 154 valence electrons. The molecule has 2 aromatic rings. The maximum absolute atomic E-state index is 13.0. The Balaban J connectivity index is 1.48. The van der Waals surface area contributed by atoms with Crippen LogP contribution in [-0.2, 0) is 17.6 Å². The van der Waals surface area contributed by atoms with E-state index in [1.54, 1.807) is 0 Å². The van der Waals surface area contributed by atoms with Crippen LogP contribution in [0.25, 0.3) is 0 Å². The lowest BCUT2D eigenvalue weighted by atomic mass is 9.97. The second kappa shape index (κ2) is 9.75. The van der Waals surface area contributed by atoms with Crippen LogP contribution >= 0.6 is 11.6 Å². The molecule has 0 radical (unpaired) electrons. The molecular formula is C24H30ClN3O. The third kappa shape index (κ3) is 5.19. The summed E-state index contributed by atoms with van der Waals surface area (Å²) in [5, 5.41) is 5.08. The SMILES string of the molecule is O=C1CN(C(Cc2ccccc2)Cc2ccccc2Cl)CCN1N1CCCCC1. The topological polar surface area (TPSA) is 26.8 Å².